The molecule has 102 valence electrons. The summed E-state index contributed by atoms with van der Waals surface area (Å²) in [5.41, 5.74) is 0. The average Bonchev–Trinajstić information content (AvgIpc) is 3.25. The molecule has 2 saturated carbocycles. The predicted molar refractivity (Wildman–Crippen MR) is 78.3 cm³/mol. The molecule has 0 bridgehead atoms. The summed E-state index contributed by atoms with van der Waals surface area (Å²) in [6.07, 6.45) is 13.1. The van der Waals surface area contributed by atoms with Crippen LogP contribution in [-0.4, -0.2) is 10.7 Å². The van der Waals surface area contributed by atoms with Crippen molar-refractivity contribution in [3.05, 3.63) is 12.2 Å². The number of hydrogen-bond acceptors (Lipinski definition) is 2. The summed E-state index contributed by atoms with van der Waals surface area (Å²) in [7, 11) is 0. The van der Waals surface area contributed by atoms with Gasteiger partial charge in [0, 0.05) is 10.7 Å². The van der Waals surface area contributed by atoms with E-state index < -0.39 is 0 Å². The molecular formula is C15H25NOS. The monoisotopic (exact) mass is 267 g/mol. The molecule has 2 atom stereocenters. The van der Waals surface area contributed by atoms with Gasteiger partial charge in [0.25, 0.3) is 0 Å². The maximum Gasteiger partial charge on any atom is 0.233 e. The van der Waals surface area contributed by atoms with Crippen LogP contribution >= 0.6 is 11.9 Å². The third-order valence-corrected chi connectivity index (χ3v) is 5.09. The summed E-state index contributed by atoms with van der Waals surface area (Å²) in [4.78, 5) is 11.9. The van der Waals surface area contributed by atoms with Crippen molar-refractivity contribution in [2.75, 3.05) is 0 Å². The molecule has 3 heteroatoms. The van der Waals surface area contributed by atoms with Gasteiger partial charge in [-0.25, -0.2) is 0 Å². The third kappa shape index (κ3) is 4.34. The number of nitrogens with one attached hydrogen (secondary N) is 1. The molecule has 2 rings (SSSR count). The lowest BCUT2D eigenvalue weighted by atomic mass is 10.2. The first-order valence-electron chi connectivity index (χ1n) is 7.29. The lowest BCUT2D eigenvalue weighted by molar-refractivity contribution is -0.120. The molecule has 0 aromatic heterocycles. The Morgan fingerprint density at radius 3 is 2.89 bits per heavy atom. The summed E-state index contributed by atoms with van der Waals surface area (Å²) < 4.78 is 3.37. The van der Waals surface area contributed by atoms with Gasteiger partial charge in [-0.05, 0) is 56.9 Å². The number of unbranched alkanes of at least 4 members (excludes halogenated alkanes) is 3. The summed E-state index contributed by atoms with van der Waals surface area (Å²) in [6.45, 7) is 4.44. The van der Waals surface area contributed by atoms with Gasteiger partial charge in [-0.1, -0.05) is 31.9 Å². The second-order valence-electron chi connectivity index (χ2n) is 5.95. The number of carbonyl (C=O) groups excluding carboxylic acids is 1. The largest absolute Gasteiger partial charge is 0.299 e. The Labute approximate surface area is 115 Å². The molecule has 0 heterocycles. The van der Waals surface area contributed by atoms with Crippen LogP contribution in [0.15, 0.2) is 12.2 Å². The van der Waals surface area contributed by atoms with Gasteiger partial charge in [0.15, 0.2) is 0 Å². The Hall–Kier alpha value is -0.440. The van der Waals surface area contributed by atoms with Crippen molar-refractivity contribution >= 4 is 17.9 Å². The lowest BCUT2D eigenvalue weighted by Crippen LogP contribution is -2.21. The second-order valence-corrected chi connectivity index (χ2v) is 7.34. The van der Waals surface area contributed by atoms with Crippen molar-refractivity contribution in [3.63, 3.8) is 0 Å². The summed E-state index contributed by atoms with van der Waals surface area (Å²) >= 11 is 1.63. The SMILES string of the molecule is CCCCCC=CC1CC1C(=O)NSC1(C)CC1. The van der Waals surface area contributed by atoms with Gasteiger partial charge in [-0.2, -0.15) is 0 Å². The summed E-state index contributed by atoms with van der Waals surface area (Å²) in [6, 6.07) is 0. The van der Waals surface area contributed by atoms with E-state index in [2.05, 4.69) is 30.7 Å². The number of allylic oxidation sites excluding steroid dienone is 2. The number of rotatable bonds is 8. The summed E-state index contributed by atoms with van der Waals surface area (Å²) in [5, 5.41) is 0. The van der Waals surface area contributed by atoms with Crippen LogP contribution in [0.2, 0.25) is 0 Å². The second kappa shape index (κ2) is 6.14. The topological polar surface area (TPSA) is 29.1 Å². The van der Waals surface area contributed by atoms with Gasteiger partial charge in [-0.15, -0.1) is 0 Å². The summed E-state index contributed by atoms with van der Waals surface area (Å²) in [5.74, 6) is 1.01. The molecule has 0 aliphatic heterocycles. The fourth-order valence-electron chi connectivity index (χ4n) is 2.04. The smallest absolute Gasteiger partial charge is 0.233 e. The maximum atomic E-state index is 11.9. The van der Waals surface area contributed by atoms with Crippen molar-refractivity contribution in [1.82, 2.24) is 4.72 Å². The maximum absolute atomic E-state index is 11.9. The van der Waals surface area contributed by atoms with Crippen LogP contribution in [0.4, 0.5) is 0 Å². The highest BCUT2D eigenvalue weighted by molar-refractivity contribution is 7.99. The van der Waals surface area contributed by atoms with Crippen LogP contribution in [0.25, 0.3) is 0 Å². The highest BCUT2D eigenvalue weighted by Gasteiger charge is 2.43. The Morgan fingerprint density at radius 1 is 1.44 bits per heavy atom. The fourth-order valence-corrected chi connectivity index (χ4v) is 2.84. The van der Waals surface area contributed by atoms with E-state index in [0.29, 0.717) is 10.7 Å². The van der Waals surface area contributed by atoms with Crippen LogP contribution in [0.1, 0.15) is 58.8 Å². The van der Waals surface area contributed by atoms with E-state index in [0.717, 1.165) is 6.42 Å². The molecule has 2 unspecified atom stereocenters. The minimum absolute atomic E-state index is 0.247. The molecule has 0 aromatic rings. The first kappa shape index (κ1) is 14.0. The number of carbonyl (C=O) groups is 1. The lowest BCUT2D eigenvalue weighted by Gasteiger charge is -2.08. The van der Waals surface area contributed by atoms with E-state index in [1.54, 1.807) is 11.9 Å². The van der Waals surface area contributed by atoms with Crippen LogP contribution < -0.4 is 4.72 Å². The highest BCUT2D eigenvalue weighted by Crippen LogP contribution is 2.47. The Balaban J connectivity index is 1.57. The van der Waals surface area contributed by atoms with Gasteiger partial charge in [-0.3, -0.25) is 9.52 Å². The molecule has 0 aromatic carbocycles. The molecule has 0 spiro atoms. The minimum atomic E-state index is 0.247. The first-order valence-corrected chi connectivity index (χ1v) is 8.11. The van der Waals surface area contributed by atoms with E-state index in [1.165, 1.54) is 38.5 Å². The van der Waals surface area contributed by atoms with Gasteiger partial charge >= 0.3 is 0 Å². The number of amides is 1. The Morgan fingerprint density at radius 2 is 2.22 bits per heavy atom. The van der Waals surface area contributed by atoms with Crippen LogP contribution in [0.3, 0.4) is 0 Å². The van der Waals surface area contributed by atoms with Gasteiger partial charge in [0.1, 0.15) is 0 Å². The van der Waals surface area contributed by atoms with E-state index in [1.807, 2.05) is 0 Å². The molecule has 0 saturated heterocycles. The Kier molecular flexibility index (Phi) is 4.77. The predicted octanol–water partition coefficient (Wildman–Crippen LogP) is 4.08. The molecule has 1 N–H and O–H groups in total. The normalized spacial score (nSPS) is 28.3. The van der Waals surface area contributed by atoms with Gasteiger partial charge in [0.2, 0.25) is 5.91 Å². The van der Waals surface area contributed by atoms with Gasteiger partial charge in [0.05, 0.1) is 0 Å². The fraction of sp³-hybridized carbons (Fsp3) is 0.800. The van der Waals surface area contributed by atoms with Crippen LogP contribution in [-0.2, 0) is 4.79 Å². The molecule has 2 aliphatic carbocycles. The van der Waals surface area contributed by atoms with E-state index in [-0.39, 0.29) is 11.8 Å². The van der Waals surface area contributed by atoms with Crippen molar-refractivity contribution in [1.29, 1.82) is 0 Å². The third-order valence-electron chi connectivity index (χ3n) is 3.89. The zero-order valence-electron chi connectivity index (χ0n) is 11.6. The molecule has 2 fully saturated rings. The number of hydrogen-bond donors (Lipinski definition) is 1. The molecular weight excluding hydrogens is 242 g/mol. The molecule has 2 aliphatic rings. The highest BCUT2D eigenvalue weighted by atomic mass is 32.2. The van der Waals surface area contributed by atoms with Crippen molar-refractivity contribution in [2.24, 2.45) is 11.8 Å². The van der Waals surface area contributed by atoms with Gasteiger partial charge < -0.3 is 0 Å². The van der Waals surface area contributed by atoms with E-state index in [9.17, 15) is 4.79 Å². The van der Waals surface area contributed by atoms with Crippen LogP contribution in [0, 0.1) is 11.8 Å². The standard InChI is InChI=1S/C15H25NOS/c1-3-4-5-6-7-8-12-11-13(12)14(17)16-18-15(2)9-10-15/h7-8,12-13H,3-6,9-11H2,1-2H3,(H,16,17). The quantitative estimate of drug-likeness (QED) is 0.408. The Bertz CT molecular complexity index is 322. The van der Waals surface area contributed by atoms with E-state index >= 15 is 0 Å². The van der Waals surface area contributed by atoms with Crippen molar-refractivity contribution < 1.29 is 4.79 Å². The molecule has 2 nitrogen and oxygen atoms in total. The average molecular weight is 267 g/mol. The minimum Gasteiger partial charge on any atom is -0.299 e. The zero-order valence-corrected chi connectivity index (χ0v) is 12.4. The molecule has 0 radical (unpaired) electrons. The van der Waals surface area contributed by atoms with Crippen molar-refractivity contribution in [3.8, 4) is 0 Å². The van der Waals surface area contributed by atoms with E-state index in [4.69, 9.17) is 0 Å². The zero-order chi connectivity index (χ0) is 13.0. The van der Waals surface area contributed by atoms with Crippen molar-refractivity contribution in [2.45, 2.75) is 63.5 Å². The van der Waals surface area contributed by atoms with Crippen LogP contribution in [0.5, 0.6) is 0 Å². The molecule has 18 heavy (non-hydrogen) atoms. The first-order chi connectivity index (χ1) is 8.64. The molecule has 1 amide bonds.